The Kier molecular flexibility index (Phi) is 4.99. The summed E-state index contributed by atoms with van der Waals surface area (Å²) < 4.78 is 0.912. The van der Waals surface area contributed by atoms with E-state index in [4.69, 9.17) is 0 Å². The van der Waals surface area contributed by atoms with Crippen molar-refractivity contribution in [3.8, 4) is 0 Å². The number of carbonyl (C=O) groups excluding carboxylic acids is 1. The van der Waals surface area contributed by atoms with E-state index in [1.54, 1.807) is 12.4 Å². The largest absolute Gasteiger partial charge is 0.375 e. The van der Waals surface area contributed by atoms with Gasteiger partial charge in [-0.3, -0.25) is 9.78 Å². The van der Waals surface area contributed by atoms with Crippen LogP contribution in [0.4, 0.5) is 5.69 Å². The zero-order chi connectivity index (χ0) is 12.8. The van der Waals surface area contributed by atoms with Crippen LogP contribution in [-0.4, -0.2) is 35.4 Å². The number of nitrogens with zero attached hydrogens (tertiary/aromatic N) is 2. The summed E-state index contributed by atoms with van der Waals surface area (Å²) in [5.74, 6) is 0.178. The highest BCUT2D eigenvalue weighted by atomic mass is 79.9. The van der Waals surface area contributed by atoms with Crippen molar-refractivity contribution in [1.82, 2.24) is 9.88 Å². The molecule has 18 heavy (non-hydrogen) atoms. The molecule has 2 heterocycles. The summed E-state index contributed by atoms with van der Waals surface area (Å²) in [4.78, 5) is 18.1. The summed E-state index contributed by atoms with van der Waals surface area (Å²) in [7, 11) is 0. The molecule has 1 aromatic rings. The van der Waals surface area contributed by atoms with E-state index in [1.165, 1.54) is 12.8 Å². The number of anilines is 1. The SMILES string of the molecule is O=C(CNc1cncc(Br)c1)N1CCCCCC1. The molecule has 1 amide bonds. The lowest BCUT2D eigenvalue weighted by molar-refractivity contribution is -0.129. The van der Waals surface area contributed by atoms with E-state index in [-0.39, 0.29) is 5.91 Å². The van der Waals surface area contributed by atoms with Crippen LogP contribution < -0.4 is 5.32 Å². The van der Waals surface area contributed by atoms with E-state index >= 15 is 0 Å². The van der Waals surface area contributed by atoms with Crippen LogP contribution in [0.2, 0.25) is 0 Å². The van der Waals surface area contributed by atoms with E-state index in [0.29, 0.717) is 6.54 Å². The van der Waals surface area contributed by atoms with Gasteiger partial charge in [0.25, 0.3) is 0 Å². The zero-order valence-electron chi connectivity index (χ0n) is 10.4. The Balaban J connectivity index is 1.83. The molecule has 1 aliphatic heterocycles. The van der Waals surface area contributed by atoms with Crippen molar-refractivity contribution < 1.29 is 4.79 Å². The van der Waals surface area contributed by atoms with Crippen LogP contribution in [0.25, 0.3) is 0 Å². The Morgan fingerprint density at radius 3 is 2.67 bits per heavy atom. The Morgan fingerprint density at radius 1 is 1.28 bits per heavy atom. The van der Waals surface area contributed by atoms with E-state index < -0.39 is 0 Å². The molecule has 0 radical (unpaired) electrons. The van der Waals surface area contributed by atoms with Gasteiger partial charge in [0.1, 0.15) is 0 Å². The molecule has 0 atom stereocenters. The van der Waals surface area contributed by atoms with Crippen LogP contribution in [0.15, 0.2) is 22.9 Å². The highest BCUT2D eigenvalue weighted by Crippen LogP contribution is 2.14. The summed E-state index contributed by atoms with van der Waals surface area (Å²) in [5.41, 5.74) is 0.868. The number of halogens is 1. The summed E-state index contributed by atoms with van der Waals surface area (Å²) in [6.07, 6.45) is 8.19. The molecule has 5 heteroatoms. The third-order valence-electron chi connectivity index (χ3n) is 3.11. The van der Waals surface area contributed by atoms with E-state index in [0.717, 1.165) is 36.1 Å². The third kappa shape index (κ3) is 3.98. The van der Waals surface area contributed by atoms with Gasteiger partial charge >= 0.3 is 0 Å². The van der Waals surface area contributed by atoms with Gasteiger partial charge < -0.3 is 10.2 Å². The maximum atomic E-state index is 12.0. The van der Waals surface area contributed by atoms with E-state index in [1.807, 2.05) is 11.0 Å². The second-order valence-electron chi connectivity index (χ2n) is 4.54. The Morgan fingerprint density at radius 2 is 2.00 bits per heavy atom. The van der Waals surface area contributed by atoms with Crippen molar-refractivity contribution in [3.05, 3.63) is 22.9 Å². The van der Waals surface area contributed by atoms with Gasteiger partial charge in [0.05, 0.1) is 18.4 Å². The minimum absolute atomic E-state index is 0.178. The van der Waals surface area contributed by atoms with E-state index in [2.05, 4.69) is 26.2 Å². The normalized spacial score (nSPS) is 16.2. The summed E-state index contributed by atoms with van der Waals surface area (Å²) in [6, 6.07) is 1.92. The molecule has 1 N–H and O–H groups in total. The standard InChI is InChI=1S/C13H18BrN3O/c14-11-7-12(9-15-8-11)16-10-13(18)17-5-3-1-2-4-6-17/h7-9,16H,1-6,10H2. The van der Waals surface area contributed by atoms with Crippen molar-refractivity contribution in [2.24, 2.45) is 0 Å². The number of hydrogen-bond donors (Lipinski definition) is 1. The van der Waals surface area contributed by atoms with Crippen molar-refractivity contribution in [3.63, 3.8) is 0 Å². The molecule has 0 spiro atoms. The lowest BCUT2D eigenvalue weighted by Gasteiger charge is -2.20. The van der Waals surface area contributed by atoms with Crippen LogP contribution in [0, 0.1) is 0 Å². The average Bonchev–Trinajstić information content (AvgIpc) is 2.65. The Hall–Kier alpha value is -1.10. The fourth-order valence-electron chi connectivity index (χ4n) is 2.12. The molecule has 1 saturated heterocycles. The first-order valence-corrected chi connectivity index (χ1v) is 7.17. The number of rotatable bonds is 3. The lowest BCUT2D eigenvalue weighted by atomic mass is 10.2. The van der Waals surface area contributed by atoms with Gasteiger partial charge in [0.2, 0.25) is 5.91 Å². The molecule has 0 bridgehead atoms. The predicted molar refractivity (Wildman–Crippen MR) is 75.5 cm³/mol. The van der Waals surface area contributed by atoms with Gasteiger partial charge in [-0.05, 0) is 34.8 Å². The zero-order valence-corrected chi connectivity index (χ0v) is 11.9. The molecule has 1 fully saturated rings. The molecule has 0 saturated carbocycles. The second-order valence-corrected chi connectivity index (χ2v) is 5.46. The van der Waals surface area contributed by atoms with Gasteiger partial charge in [-0.1, -0.05) is 12.8 Å². The molecule has 1 aliphatic rings. The fourth-order valence-corrected chi connectivity index (χ4v) is 2.48. The highest BCUT2D eigenvalue weighted by molar-refractivity contribution is 9.10. The monoisotopic (exact) mass is 311 g/mol. The number of nitrogens with one attached hydrogen (secondary N) is 1. The fraction of sp³-hybridized carbons (Fsp3) is 0.538. The summed E-state index contributed by atoms with van der Waals surface area (Å²) in [6.45, 7) is 2.15. The molecule has 1 aromatic heterocycles. The molecule has 4 nitrogen and oxygen atoms in total. The maximum absolute atomic E-state index is 12.0. The predicted octanol–water partition coefficient (Wildman–Crippen LogP) is 2.66. The molecular weight excluding hydrogens is 294 g/mol. The van der Waals surface area contributed by atoms with Crippen LogP contribution in [0.3, 0.4) is 0 Å². The minimum atomic E-state index is 0.178. The van der Waals surface area contributed by atoms with Gasteiger partial charge in [0.15, 0.2) is 0 Å². The number of amides is 1. The molecule has 0 aromatic carbocycles. The molecule has 0 unspecified atom stereocenters. The lowest BCUT2D eigenvalue weighted by Crippen LogP contribution is -2.36. The van der Waals surface area contributed by atoms with Gasteiger partial charge in [-0.25, -0.2) is 0 Å². The average molecular weight is 312 g/mol. The smallest absolute Gasteiger partial charge is 0.241 e. The van der Waals surface area contributed by atoms with Crippen molar-refractivity contribution >= 4 is 27.5 Å². The van der Waals surface area contributed by atoms with Crippen LogP contribution in [0.1, 0.15) is 25.7 Å². The second kappa shape index (κ2) is 6.73. The minimum Gasteiger partial charge on any atom is -0.375 e. The van der Waals surface area contributed by atoms with Gasteiger partial charge in [-0.2, -0.15) is 0 Å². The summed E-state index contributed by atoms with van der Waals surface area (Å²) in [5, 5.41) is 3.12. The first-order chi connectivity index (χ1) is 8.75. The summed E-state index contributed by atoms with van der Waals surface area (Å²) >= 11 is 3.36. The Bertz CT molecular complexity index is 403. The van der Waals surface area contributed by atoms with Crippen LogP contribution in [0.5, 0.6) is 0 Å². The molecular formula is C13H18BrN3O. The number of hydrogen-bond acceptors (Lipinski definition) is 3. The molecule has 2 rings (SSSR count). The number of pyridine rings is 1. The van der Waals surface area contributed by atoms with Crippen LogP contribution >= 0.6 is 15.9 Å². The van der Waals surface area contributed by atoms with Gasteiger partial charge in [-0.15, -0.1) is 0 Å². The van der Waals surface area contributed by atoms with E-state index in [9.17, 15) is 4.79 Å². The molecule has 98 valence electrons. The number of carbonyl (C=O) groups is 1. The van der Waals surface area contributed by atoms with Crippen molar-refractivity contribution in [1.29, 1.82) is 0 Å². The van der Waals surface area contributed by atoms with Gasteiger partial charge in [0, 0.05) is 23.8 Å². The number of aromatic nitrogens is 1. The highest BCUT2D eigenvalue weighted by Gasteiger charge is 2.14. The van der Waals surface area contributed by atoms with Crippen LogP contribution in [-0.2, 0) is 4.79 Å². The Labute approximate surface area is 116 Å². The van der Waals surface area contributed by atoms with Crippen molar-refractivity contribution in [2.45, 2.75) is 25.7 Å². The quantitative estimate of drug-likeness (QED) is 0.933. The third-order valence-corrected chi connectivity index (χ3v) is 3.54. The first kappa shape index (κ1) is 13.3. The topological polar surface area (TPSA) is 45.2 Å². The number of likely N-dealkylation sites (tertiary alicyclic amines) is 1. The maximum Gasteiger partial charge on any atom is 0.241 e. The molecule has 0 aliphatic carbocycles. The van der Waals surface area contributed by atoms with Crippen molar-refractivity contribution in [2.75, 3.05) is 25.0 Å². The first-order valence-electron chi connectivity index (χ1n) is 6.38.